The van der Waals surface area contributed by atoms with Gasteiger partial charge in [-0.15, -0.1) is 35.3 Å². The Morgan fingerprint density at radius 3 is 2.63 bits per heavy atom. The lowest BCUT2D eigenvalue weighted by molar-refractivity contribution is 0.0677. The van der Waals surface area contributed by atoms with Crippen LogP contribution in [0.3, 0.4) is 0 Å². The van der Waals surface area contributed by atoms with Crippen LogP contribution in [0.4, 0.5) is 0 Å². The van der Waals surface area contributed by atoms with Gasteiger partial charge in [0.2, 0.25) is 10.0 Å². The van der Waals surface area contributed by atoms with Crippen LogP contribution in [0.2, 0.25) is 0 Å². The first kappa shape index (κ1) is 24.3. The number of aliphatic hydroxyl groups is 1. The van der Waals surface area contributed by atoms with Gasteiger partial charge in [-0.25, -0.2) is 18.1 Å². The minimum absolute atomic E-state index is 0. The van der Waals surface area contributed by atoms with Crippen molar-refractivity contribution in [1.82, 2.24) is 15.4 Å². The van der Waals surface area contributed by atoms with Crippen molar-refractivity contribution >= 4 is 62.6 Å². The third-order valence-corrected chi connectivity index (χ3v) is 7.04. The molecule has 27 heavy (non-hydrogen) atoms. The van der Waals surface area contributed by atoms with Gasteiger partial charge in [0.1, 0.15) is 9.81 Å². The topological polar surface area (TPSA) is 103 Å². The summed E-state index contributed by atoms with van der Waals surface area (Å²) in [6.45, 7) is 5.11. The predicted octanol–water partition coefficient (Wildman–Crippen LogP) is 2.17. The zero-order valence-electron chi connectivity index (χ0n) is 15.1. The Morgan fingerprint density at radius 2 is 2.04 bits per heavy atom. The van der Waals surface area contributed by atoms with Crippen LogP contribution in [0.1, 0.15) is 19.4 Å². The first-order valence-electron chi connectivity index (χ1n) is 8.15. The van der Waals surface area contributed by atoms with Crippen LogP contribution >= 0.6 is 46.7 Å². The normalized spacial score (nSPS) is 14.3. The van der Waals surface area contributed by atoms with Gasteiger partial charge in [-0.2, -0.15) is 11.3 Å². The number of guanidine groups is 1. The van der Waals surface area contributed by atoms with Crippen molar-refractivity contribution in [3.05, 3.63) is 39.9 Å². The quantitative estimate of drug-likeness (QED) is 0.168. The maximum atomic E-state index is 12.0. The summed E-state index contributed by atoms with van der Waals surface area (Å²) in [4.78, 5) is 4.40. The first-order chi connectivity index (χ1) is 12.3. The van der Waals surface area contributed by atoms with Gasteiger partial charge in [0.25, 0.3) is 0 Å². The Bertz CT molecular complexity index is 791. The molecule has 1 unspecified atom stereocenters. The fourth-order valence-corrected chi connectivity index (χ4v) is 4.94. The SMILES string of the molecule is CCNC(=NCC(C)(O)c1ccsc1)NCCNS(=O)(=O)c1cccs1.I. The number of hydrogen-bond acceptors (Lipinski definition) is 6. The van der Waals surface area contributed by atoms with E-state index in [4.69, 9.17) is 0 Å². The molecule has 0 spiro atoms. The third kappa shape index (κ3) is 7.66. The van der Waals surface area contributed by atoms with Gasteiger partial charge in [0.15, 0.2) is 5.96 Å². The summed E-state index contributed by atoms with van der Waals surface area (Å²) in [6.07, 6.45) is 0. The molecule has 0 saturated carbocycles. The minimum Gasteiger partial charge on any atom is -0.383 e. The van der Waals surface area contributed by atoms with Gasteiger partial charge in [-0.3, -0.25) is 0 Å². The standard InChI is InChI=1S/C16H24N4O3S3.HI/c1-3-17-15(19-12-16(2,21)13-6-10-24-11-13)18-7-8-20-26(22,23)14-5-4-9-25-14;/h4-6,9-11,20-21H,3,7-8,12H2,1-2H3,(H2,17,18,19);1H. The van der Waals surface area contributed by atoms with E-state index in [1.165, 1.54) is 22.7 Å². The summed E-state index contributed by atoms with van der Waals surface area (Å²) >= 11 is 2.70. The summed E-state index contributed by atoms with van der Waals surface area (Å²) in [6, 6.07) is 5.14. The van der Waals surface area contributed by atoms with Crippen LogP contribution in [-0.2, 0) is 15.6 Å². The molecular formula is C16H25IN4O3S3. The molecule has 152 valence electrons. The largest absolute Gasteiger partial charge is 0.383 e. The molecule has 0 saturated heterocycles. The molecule has 1 atom stereocenters. The summed E-state index contributed by atoms with van der Waals surface area (Å²) in [5.41, 5.74) is -0.228. The molecule has 11 heteroatoms. The number of rotatable bonds is 9. The van der Waals surface area contributed by atoms with Crippen molar-refractivity contribution in [2.24, 2.45) is 4.99 Å². The number of thiophene rings is 2. The fraction of sp³-hybridized carbons (Fsp3) is 0.438. The molecule has 0 bridgehead atoms. The molecule has 0 aliphatic carbocycles. The van der Waals surface area contributed by atoms with E-state index in [0.717, 1.165) is 5.56 Å². The molecule has 2 rings (SSSR count). The monoisotopic (exact) mass is 544 g/mol. The van der Waals surface area contributed by atoms with E-state index in [2.05, 4.69) is 20.3 Å². The molecule has 7 nitrogen and oxygen atoms in total. The molecule has 0 radical (unpaired) electrons. The second kappa shape index (κ2) is 11.3. The lowest BCUT2D eigenvalue weighted by atomic mass is 10.00. The molecule has 0 aromatic carbocycles. The second-order valence-corrected chi connectivity index (χ2v) is 9.46. The summed E-state index contributed by atoms with van der Waals surface area (Å²) in [7, 11) is -3.46. The van der Waals surface area contributed by atoms with E-state index in [1.807, 2.05) is 23.8 Å². The second-order valence-electron chi connectivity index (χ2n) is 5.74. The number of halogens is 1. The van der Waals surface area contributed by atoms with Crippen molar-refractivity contribution in [2.45, 2.75) is 23.7 Å². The third-order valence-electron chi connectivity index (χ3n) is 3.50. The van der Waals surface area contributed by atoms with Crippen LogP contribution < -0.4 is 15.4 Å². The zero-order valence-corrected chi connectivity index (χ0v) is 19.9. The van der Waals surface area contributed by atoms with Gasteiger partial charge in [-0.1, -0.05) is 6.07 Å². The minimum atomic E-state index is -3.46. The lowest BCUT2D eigenvalue weighted by Gasteiger charge is -2.21. The Kier molecular flexibility index (Phi) is 10.2. The highest BCUT2D eigenvalue weighted by Gasteiger charge is 2.23. The number of nitrogens with zero attached hydrogens (tertiary/aromatic N) is 1. The maximum Gasteiger partial charge on any atom is 0.250 e. The molecule has 0 fully saturated rings. The summed E-state index contributed by atoms with van der Waals surface area (Å²) < 4.78 is 26.9. The van der Waals surface area contributed by atoms with E-state index in [-0.39, 0.29) is 37.1 Å². The average molecular weight is 545 g/mol. The Morgan fingerprint density at radius 1 is 1.26 bits per heavy atom. The van der Waals surface area contributed by atoms with E-state index in [1.54, 1.807) is 24.4 Å². The molecule has 0 aliphatic heterocycles. The van der Waals surface area contributed by atoms with Gasteiger partial charge in [-0.05, 0) is 47.7 Å². The Labute approximate surface area is 185 Å². The van der Waals surface area contributed by atoms with E-state index in [9.17, 15) is 13.5 Å². The number of nitrogens with one attached hydrogen (secondary N) is 3. The zero-order chi connectivity index (χ0) is 19.0. The van der Waals surface area contributed by atoms with E-state index >= 15 is 0 Å². The molecular weight excluding hydrogens is 519 g/mol. The molecule has 0 aliphatic rings. The van der Waals surface area contributed by atoms with Crippen LogP contribution in [-0.4, -0.2) is 45.7 Å². The smallest absolute Gasteiger partial charge is 0.250 e. The van der Waals surface area contributed by atoms with Gasteiger partial charge < -0.3 is 15.7 Å². The van der Waals surface area contributed by atoms with E-state index < -0.39 is 15.6 Å². The van der Waals surface area contributed by atoms with Crippen LogP contribution in [0, 0.1) is 0 Å². The Balaban J connectivity index is 0.00000364. The highest BCUT2D eigenvalue weighted by atomic mass is 127. The maximum absolute atomic E-state index is 12.0. The van der Waals surface area contributed by atoms with Gasteiger partial charge >= 0.3 is 0 Å². The number of sulfonamides is 1. The van der Waals surface area contributed by atoms with Crippen LogP contribution in [0.5, 0.6) is 0 Å². The van der Waals surface area contributed by atoms with Crippen molar-refractivity contribution in [1.29, 1.82) is 0 Å². The number of aliphatic imine (C=N–C) groups is 1. The molecule has 4 N–H and O–H groups in total. The number of hydrogen-bond donors (Lipinski definition) is 4. The average Bonchev–Trinajstić information content (AvgIpc) is 3.30. The van der Waals surface area contributed by atoms with Crippen molar-refractivity contribution < 1.29 is 13.5 Å². The van der Waals surface area contributed by atoms with Crippen molar-refractivity contribution in [3.8, 4) is 0 Å². The predicted molar refractivity (Wildman–Crippen MR) is 123 cm³/mol. The summed E-state index contributed by atoms with van der Waals surface area (Å²) in [5, 5.41) is 22.2. The van der Waals surface area contributed by atoms with E-state index in [0.29, 0.717) is 23.3 Å². The lowest BCUT2D eigenvalue weighted by Crippen LogP contribution is -2.42. The first-order valence-corrected chi connectivity index (χ1v) is 11.5. The van der Waals surface area contributed by atoms with Crippen molar-refractivity contribution in [2.75, 3.05) is 26.2 Å². The molecule has 0 amide bonds. The molecule has 2 heterocycles. The summed E-state index contributed by atoms with van der Waals surface area (Å²) in [5.74, 6) is 0.526. The van der Waals surface area contributed by atoms with Gasteiger partial charge in [0, 0.05) is 19.6 Å². The molecule has 2 aromatic rings. The van der Waals surface area contributed by atoms with Gasteiger partial charge in [0.05, 0.1) is 6.54 Å². The van der Waals surface area contributed by atoms with Crippen LogP contribution in [0.15, 0.2) is 43.5 Å². The molecule has 2 aromatic heterocycles. The van der Waals surface area contributed by atoms with Crippen LogP contribution in [0.25, 0.3) is 0 Å². The highest BCUT2D eigenvalue weighted by Crippen LogP contribution is 2.23. The van der Waals surface area contributed by atoms with Crippen molar-refractivity contribution in [3.63, 3.8) is 0 Å². The fourth-order valence-electron chi connectivity index (χ4n) is 2.09. The Hall–Kier alpha value is -0.730. The highest BCUT2D eigenvalue weighted by molar-refractivity contribution is 14.0.